The van der Waals surface area contributed by atoms with Gasteiger partial charge in [0.1, 0.15) is 6.61 Å². The first kappa shape index (κ1) is 12.0. The quantitative estimate of drug-likeness (QED) is 0.797. The van der Waals surface area contributed by atoms with Crippen LogP contribution in [0.2, 0.25) is 0 Å². The van der Waals surface area contributed by atoms with Gasteiger partial charge in [0.2, 0.25) is 0 Å². The lowest BCUT2D eigenvalue weighted by Crippen LogP contribution is -2.20. The zero-order chi connectivity index (χ0) is 11.9. The van der Waals surface area contributed by atoms with Gasteiger partial charge in [0.15, 0.2) is 5.78 Å². The van der Waals surface area contributed by atoms with E-state index in [0.29, 0.717) is 13.2 Å². The van der Waals surface area contributed by atoms with Gasteiger partial charge in [-0.1, -0.05) is 36.4 Å². The maximum absolute atomic E-state index is 11.1. The highest BCUT2D eigenvalue weighted by Gasteiger charge is 2.12. The highest BCUT2D eigenvalue weighted by Crippen LogP contribution is 2.07. The second kappa shape index (κ2) is 6.33. The second-order valence-corrected chi connectivity index (χ2v) is 4.04. The average molecular weight is 232 g/mol. The fraction of sp³-hybridized carbons (Fsp3) is 0.357. The van der Waals surface area contributed by atoms with Crippen LogP contribution in [0.1, 0.15) is 12.0 Å². The van der Waals surface area contributed by atoms with Crippen LogP contribution in [0.25, 0.3) is 0 Å². The molecule has 0 aliphatic carbocycles. The van der Waals surface area contributed by atoms with Crippen molar-refractivity contribution in [3.05, 3.63) is 48.0 Å². The summed E-state index contributed by atoms with van der Waals surface area (Å²) in [5.41, 5.74) is 1.15. The van der Waals surface area contributed by atoms with Crippen molar-refractivity contribution >= 4 is 5.78 Å². The van der Waals surface area contributed by atoms with E-state index in [4.69, 9.17) is 9.47 Å². The highest BCUT2D eigenvalue weighted by molar-refractivity contribution is 5.90. The van der Waals surface area contributed by atoms with Crippen molar-refractivity contribution in [1.29, 1.82) is 0 Å². The first-order chi connectivity index (χ1) is 8.34. The van der Waals surface area contributed by atoms with E-state index in [1.165, 1.54) is 0 Å². The van der Waals surface area contributed by atoms with E-state index in [2.05, 4.69) is 0 Å². The van der Waals surface area contributed by atoms with Gasteiger partial charge in [-0.2, -0.15) is 0 Å². The maximum Gasteiger partial charge on any atom is 0.180 e. The van der Waals surface area contributed by atoms with Crippen LogP contribution in [0.5, 0.6) is 0 Å². The number of rotatable bonds is 4. The Hall–Kier alpha value is -1.45. The van der Waals surface area contributed by atoms with Crippen molar-refractivity contribution in [2.24, 2.45) is 0 Å². The number of carbonyl (C=O) groups is 1. The van der Waals surface area contributed by atoms with Crippen LogP contribution >= 0.6 is 0 Å². The van der Waals surface area contributed by atoms with Crippen molar-refractivity contribution in [2.75, 3.05) is 13.2 Å². The van der Waals surface area contributed by atoms with Crippen LogP contribution in [-0.4, -0.2) is 25.1 Å². The van der Waals surface area contributed by atoms with E-state index in [0.717, 1.165) is 12.0 Å². The molecule has 0 spiro atoms. The Morgan fingerprint density at radius 2 is 2.12 bits per heavy atom. The summed E-state index contributed by atoms with van der Waals surface area (Å²) < 4.78 is 11.0. The minimum atomic E-state index is -0.0126. The van der Waals surface area contributed by atoms with Gasteiger partial charge >= 0.3 is 0 Å². The number of ketones is 1. The summed E-state index contributed by atoms with van der Waals surface area (Å²) in [5.74, 6) is 0.0237. The lowest BCUT2D eigenvalue weighted by molar-refractivity contribution is -0.121. The molecule has 17 heavy (non-hydrogen) atoms. The molecule has 0 saturated carbocycles. The minimum Gasteiger partial charge on any atom is -0.374 e. The average Bonchev–Trinajstić information content (AvgIpc) is 2.56. The Labute approximate surface area is 101 Å². The van der Waals surface area contributed by atoms with Crippen LogP contribution in [-0.2, 0) is 20.9 Å². The lowest BCUT2D eigenvalue weighted by Gasteiger charge is -2.14. The van der Waals surface area contributed by atoms with E-state index >= 15 is 0 Å². The largest absolute Gasteiger partial charge is 0.374 e. The summed E-state index contributed by atoms with van der Waals surface area (Å²) in [6, 6.07) is 10.0. The first-order valence-electron chi connectivity index (χ1n) is 5.77. The maximum atomic E-state index is 11.1. The van der Waals surface area contributed by atoms with Crippen LogP contribution in [0.3, 0.4) is 0 Å². The summed E-state index contributed by atoms with van der Waals surface area (Å²) in [6.45, 7) is 1.26. The van der Waals surface area contributed by atoms with Gasteiger partial charge in [-0.15, -0.1) is 0 Å². The summed E-state index contributed by atoms with van der Waals surface area (Å²) >= 11 is 0. The Bertz CT molecular complexity index is 384. The molecule has 1 aliphatic rings. The predicted octanol–water partition coefficient (Wildman–Crippen LogP) is 2.12. The molecule has 1 aromatic carbocycles. The monoisotopic (exact) mass is 232 g/mol. The Morgan fingerprint density at radius 3 is 2.94 bits per heavy atom. The molecule has 1 atom stereocenters. The molecule has 0 radical (unpaired) electrons. The standard InChI is InChI=1S/C14H16O3/c15-13-7-4-8-14(17-10-13)11-16-9-12-5-2-1-3-6-12/h1-7,14H,8-11H2/t14-/m1/s1. The van der Waals surface area contributed by atoms with Gasteiger partial charge in [0.05, 0.1) is 19.3 Å². The zero-order valence-corrected chi connectivity index (χ0v) is 9.67. The molecular formula is C14H16O3. The minimum absolute atomic E-state index is 0.0126. The van der Waals surface area contributed by atoms with Crippen molar-refractivity contribution in [2.45, 2.75) is 19.1 Å². The summed E-state index contributed by atoms with van der Waals surface area (Å²) in [7, 11) is 0. The molecule has 2 rings (SSSR count). The molecule has 0 amide bonds. The van der Waals surface area contributed by atoms with E-state index < -0.39 is 0 Å². The summed E-state index contributed by atoms with van der Waals surface area (Å²) in [5, 5.41) is 0. The molecule has 0 saturated heterocycles. The van der Waals surface area contributed by atoms with E-state index in [-0.39, 0.29) is 18.5 Å². The Balaban J connectivity index is 1.72. The van der Waals surface area contributed by atoms with Gasteiger partial charge in [-0.25, -0.2) is 0 Å². The molecule has 0 bridgehead atoms. The third kappa shape index (κ3) is 4.13. The summed E-state index contributed by atoms with van der Waals surface area (Å²) in [6.07, 6.45) is 4.16. The number of ether oxygens (including phenoxy) is 2. The van der Waals surface area contributed by atoms with Gasteiger partial charge in [-0.3, -0.25) is 4.79 Å². The molecule has 0 N–H and O–H groups in total. The lowest BCUT2D eigenvalue weighted by atomic mass is 10.2. The van der Waals surface area contributed by atoms with Crippen LogP contribution in [0.4, 0.5) is 0 Å². The Morgan fingerprint density at radius 1 is 1.29 bits per heavy atom. The molecule has 90 valence electrons. The van der Waals surface area contributed by atoms with Gasteiger partial charge in [0.25, 0.3) is 0 Å². The van der Waals surface area contributed by atoms with E-state index in [1.807, 2.05) is 36.4 Å². The molecule has 1 aromatic rings. The first-order valence-corrected chi connectivity index (χ1v) is 5.77. The molecule has 0 fully saturated rings. The fourth-order valence-electron chi connectivity index (χ4n) is 1.67. The number of benzene rings is 1. The van der Waals surface area contributed by atoms with Crippen molar-refractivity contribution in [3.8, 4) is 0 Å². The Kier molecular flexibility index (Phi) is 4.47. The topological polar surface area (TPSA) is 35.5 Å². The zero-order valence-electron chi connectivity index (χ0n) is 9.67. The smallest absolute Gasteiger partial charge is 0.180 e. The third-order valence-electron chi connectivity index (χ3n) is 2.58. The second-order valence-electron chi connectivity index (χ2n) is 4.04. The van der Waals surface area contributed by atoms with E-state index in [9.17, 15) is 4.79 Å². The third-order valence-corrected chi connectivity index (χ3v) is 2.58. The SMILES string of the molecule is O=C1C=CC[C@H](COCc2ccccc2)OC1. The number of hydrogen-bond acceptors (Lipinski definition) is 3. The summed E-state index contributed by atoms with van der Waals surface area (Å²) in [4.78, 5) is 11.1. The van der Waals surface area contributed by atoms with Crippen LogP contribution in [0.15, 0.2) is 42.5 Å². The normalized spacial score (nSPS) is 20.2. The predicted molar refractivity (Wildman–Crippen MR) is 64.6 cm³/mol. The van der Waals surface area contributed by atoms with Gasteiger partial charge < -0.3 is 9.47 Å². The van der Waals surface area contributed by atoms with Crippen LogP contribution < -0.4 is 0 Å². The molecule has 0 unspecified atom stereocenters. The van der Waals surface area contributed by atoms with Crippen molar-refractivity contribution in [1.82, 2.24) is 0 Å². The molecular weight excluding hydrogens is 216 g/mol. The molecule has 3 heteroatoms. The highest BCUT2D eigenvalue weighted by atomic mass is 16.5. The van der Waals surface area contributed by atoms with Crippen molar-refractivity contribution in [3.63, 3.8) is 0 Å². The fourth-order valence-corrected chi connectivity index (χ4v) is 1.67. The van der Waals surface area contributed by atoms with Crippen LogP contribution in [0, 0.1) is 0 Å². The number of hydrogen-bond donors (Lipinski definition) is 0. The number of carbonyl (C=O) groups excluding carboxylic acids is 1. The molecule has 3 nitrogen and oxygen atoms in total. The molecule has 0 aromatic heterocycles. The molecule has 1 heterocycles. The van der Waals surface area contributed by atoms with Gasteiger partial charge in [0, 0.05) is 0 Å². The molecule has 1 aliphatic heterocycles. The van der Waals surface area contributed by atoms with E-state index in [1.54, 1.807) is 6.08 Å². The van der Waals surface area contributed by atoms with Crippen molar-refractivity contribution < 1.29 is 14.3 Å². The van der Waals surface area contributed by atoms with Gasteiger partial charge in [-0.05, 0) is 18.1 Å².